The number of hydrogen-bond donors (Lipinski definition) is 0. The van der Waals surface area contributed by atoms with E-state index in [0.717, 1.165) is 24.2 Å². The Labute approximate surface area is 154 Å². The van der Waals surface area contributed by atoms with Crippen molar-refractivity contribution >= 4 is 15.5 Å². The normalized spacial score (nSPS) is 11.4. The largest absolute Gasteiger partial charge is 0.496 e. The topological polar surface area (TPSA) is 68.6 Å². The molecule has 7 heteroatoms. The van der Waals surface area contributed by atoms with Crippen molar-refractivity contribution in [2.24, 2.45) is 7.05 Å². The lowest BCUT2D eigenvalue weighted by atomic mass is 10.0. The second-order valence-corrected chi connectivity index (χ2v) is 8.44. The van der Waals surface area contributed by atoms with Crippen LogP contribution in [0.5, 0.6) is 5.75 Å². The summed E-state index contributed by atoms with van der Waals surface area (Å²) in [5.74, 6) is 0.437. The number of pyridine rings is 1. The maximum atomic E-state index is 12.5. The van der Waals surface area contributed by atoms with Crippen LogP contribution in [0.3, 0.4) is 0 Å². The van der Waals surface area contributed by atoms with Gasteiger partial charge in [0.15, 0.2) is 9.84 Å². The van der Waals surface area contributed by atoms with Gasteiger partial charge in [0.1, 0.15) is 11.4 Å². The van der Waals surface area contributed by atoms with Crippen molar-refractivity contribution in [1.29, 1.82) is 0 Å². The summed E-state index contributed by atoms with van der Waals surface area (Å²) in [6, 6.07) is 7.31. The standard InChI is InChI=1S/C19H26N2O4S/c1-6-21(7-2)17-11-15(12-20(3)19(17)22)14-8-9-18(25-4)16(10-14)13-26(5,23)24/h8-12H,6-7,13H2,1-5H3. The Morgan fingerprint density at radius 3 is 2.31 bits per heavy atom. The monoisotopic (exact) mass is 378 g/mol. The Bertz CT molecular complexity index is 944. The van der Waals surface area contributed by atoms with Gasteiger partial charge >= 0.3 is 0 Å². The first kappa shape index (κ1) is 20.0. The van der Waals surface area contributed by atoms with Gasteiger partial charge in [0.2, 0.25) is 0 Å². The molecular weight excluding hydrogens is 352 g/mol. The van der Waals surface area contributed by atoms with E-state index in [9.17, 15) is 13.2 Å². The maximum Gasteiger partial charge on any atom is 0.273 e. The summed E-state index contributed by atoms with van der Waals surface area (Å²) in [4.78, 5) is 14.5. The predicted octanol–water partition coefficient (Wildman–Crippen LogP) is 2.45. The smallest absolute Gasteiger partial charge is 0.273 e. The third-order valence-corrected chi connectivity index (χ3v) is 5.14. The molecule has 0 aliphatic rings. The molecule has 142 valence electrons. The van der Waals surface area contributed by atoms with Crippen LogP contribution in [0.25, 0.3) is 11.1 Å². The third-order valence-electron chi connectivity index (χ3n) is 4.30. The van der Waals surface area contributed by atoms with Gasteiger partial charge < -0.3 is 14.2 Å². The van der Waals surface area contributed by atoms with Crippen LogP contribution in [-0.4, -0.2) is 39.4 Å². The Kier molecular flexibility index (Phi) is 6.13. The van der Waals surface area contributed by atoms with Crippen LogP contribution in [0.1, 0.15) is 19.4 Å². The van der Waals surface area contributed by atoms with Crippen molar-refractivity contribution in [3.8, 4) is 16.9 Å². The van der Waals surface area contributed by atoms with Gasteiger partial charge in [-0.2, -0.15) is 0 Å². The van der Waals surface area contributed by atoms with E-state index in [1.165, 1.54) is 13.4 Å². The lowest BCUT2D eigenvalue weighted by Crippen LogP contribution is -2.31. The summed E-state index contributed by atoms with van der Waals surface area (Å²) in [5.41, 5.74) is 2.88. The second kappa shape index (κ2) is 7.95. The number of benzene rings is 1. The molecule has 0 saturated heterocycles. The average Bonchev–Trinajstić information content (AvgIpc) is 2.58. The number of anilines is 1. The lowest BCUT2D eigenvalue weighted by molar-refractivity contribution is 0.411. The summed E-state index contributed by atoms with van der Waals surface area (Å²) in [6.07, 6.45) is 2.96. The summed E-state index contributed by atoms with van der Waals surface area (Å²) >= 11 is 0. The number of aromatic nitrogens is 1. The average molecular weight is 378 g/mol. The van der Waals surface area contributed by atoms with Gasteiger partial charge in [-0.1, -0.05) is 6.07 Å². The van der Waals surface area contributed by atoms with Gasteiger partial charge in [-0.3, -0.25) is 4.79 Å². The molecule has 26 heavy (non-hydrogen) atoms. The highest BCUT2D eigenvalue weighted by Crippen LogP contribution is 2.29. The highest BCUT2D eigenvalue weighted by Gasteiger charge is 2.15. The van der Waals surface area contributed by atoms with Crippen LogP contribution in [0.4, 0.5) is 5.69 Å². The molecule has 0 spiro atoms. The van der Waals surface area contributed by atoms with Gasteiger partial charge in [0, 0.05) is 43.7 Å². The van der Waals surface area contributed by atoms with Crippen molar-refractivity contribution in [2.45, 2.75) is 19.6 Å². The minimum atomic E-state index is -3.20. The lowest BCUT2D eigenvalue weighted by Gasteiger charge is -2.22. The van der Waals surface area contributed by atoms with Crippen LogP contribution < -0.4 is 15.2 Å². The van der Waals surface area contributed by atoms with E-state index in [0.29, 0.717) is 17.0 Å². The molecule has 0 N–H and O–H groups in total. The van der Waals surface area contributed by atoms with E-state index in [4.69, 9.17) is 4.74 Å². The Morgan fingerprint density at radius 2 is 1.77 bits per heavy atom. The number of methoxy groups -OCH3 is 1. The van der Waals surface area contributed by atoms with Gasteiger partial charge in [-0.25, -0.2) is 8.42 Å². The first-order valence-corrected chi connectivity index (χ1v) is 10.6. The first-order chi connectivity index (χ1) is 12.2. The zero-order chi connectivity index (χ0) is 19.5. The molecule has 0 fully saturated rings. The van der Waals surface area contributed by atoms with E-state index in [1.54, 1.807) is 23.9 Å². The molecule has 1 heterocycles. The molecule has 0 atom stereocenters. The summed E-state index contributed by atoms with van der Waals surface area (Å²) < 4.78 is 30.3. The molecule has 0 amide bonds. The van der Waals surface area contributed by atoms with Gasteiger partial charge in [-0.05, 0) is 37.6 Å². The Hall–Kier alpha value is -2.28. The minimum Gasteiger partial charge on any atom is -0.496 e. The highest BCUT2D eigenvalue weighted by atomic mass is 32.2. The molecular formula is C19H26N2O4S. The van der Waals surface area contributed by atoms with Gasteiger partial charge in [0.25, 0.3) is 5.56 Å². The molecule has 6 nitrogen and oxygen atoms in total. The van der Waals surface area contributed by atoms with E-state index in [-0.39, 0.29) is 11.3 Å². The number of hydrogen-bond acceptors (Lipinski definition) is 5. The summed E-state index contributed by atoms with van der Waals surface area (Å²) in [6.45, 7) is 5.48. The fourth-order valence-corrected chi connectivity index (χ4v) is 3.79. The van der Waals surface area contributed by atoms with Crippen LogP contribution in [0.2, 0.25) is 0 Å². The highest BCUT2D eigenvalue weighted by molar-refractivity contribution is 7.89. The number of nitrogens with zero attached hydrogens (tertiary/aromatic N) is 2. The van der Waals surface area contributed by atoms with E-state index in [2.05, 4.69) is 0 Å². The quantitative estimate of drug-likeness (QED) is 0.740. The zero-order valence-corrected chi connectivity index (χ0v) is 16.8. The summed E-state index contributed by atoms with van der Waals surface area (Å²) in [5, 5.41) is 0. The first-order valence-electron chi connectivity index (χ1n) is 8.50. The molecule has 0 bridgehead atoms. The van der Waals surface area contributed by atoms with Crippen molar-refractivity contribution in [1.82, 2.24) is 4.57 Å². The van der Waals surface area contributed by atoms with Crippen molar-refractivity contribution in [3.63, 3.8) is 0 Å². The fraction of sp³-hybridized carbons (Fsp3) is 0.421. The summed E-state index contributed by atoms with van der Waals surface area (Å²) in [7, 11) is 0.0448. The third kappa shape index (κ3) is 4.46. The molecule has 0 saturated carbocycles. The van der Waals surface area contributed by atoms with Crippen LogP contribution in [0, 0.1) is 0 Å². The maximum absolute atomic E-state index is 12.5. The number of rotatable bonds is 7. The van der Waals surface area contributed by atoms with Crippen LogP contribution >= 0.6 is 0 Å². The molecule has 1 aromatic heterocycles. The molecule has 2 aromatic rings. The molecule has 0 unspecified atom stereocenters. The minimum absolute atomic E-state index is 0.0534. The number of sulfone groups is 1. The number of ether oxygens (including phenoxy) is 1. The molecule has 0 radical (unpaired) electrons. The van der Waals surface area contributed by atoms with Crippen LogP contribution in [0.15, 0.2) is 35.3 Å². The van der Waals surface area contributed by atoms with Gasteiger partial charge in [-0.15, -0.1) is 0 Å². The molecule has 0 aliphatic heterocycles. The Balaban J connectivity index is 2.61. The van der Waals surface area contributed by atoms with E-state index < -0.39 is 9.84 Å². The molecule has 2 rings (SSSR count). The van der Waals surface area contributed by atoms with Crippen molar-refractivity contribution < 1.29 is 13.2 Å². The van der Waals surface area contributed by atoms with Crippen molar-refractivity contribution in [2.75, 3.05) is 31.4 Å². The molecule has 1 aromatic carbocycles. The van der Waals surface area contributed by atoms with Gasteiger partial charge in [0.05, 0.1) is 12.9 Å². The fourth-order valence-electron chi connectivity index (χ4n) is 3.00. The predicted molar refractivity (Wildman–Crippen MR) is 106 cm³/mol. The number of aryl methyl sites for hydroxylation is 1. The van der Waals surface area contributed by atoms with Crippen LogP contribution in [-0.2, 0) is 22.6 Å². The molecule has 0 aliphatic carbocycles. The SMILES string of the molecule is CCN(CC)c1cc(-c2ccc(OC)c(CS(C)(=O)=O)c2)cn(C)c1=O. The Morgan fingerprint density at radius 1 is 1.12 bits per heavy atom. The zero-order valence-electron chi connectivity index (χ0n) is 15.9. The second-order valence-electron chi connectivity index (χ2n) is 6.30. The van der Waals surface area contributed by atoms with E-state index >= 15 is 0 Å². The van der Waals surface area contributed by atoms with E-state index in [1.807, 2.05) is 36.9 Å². The van der Waals surface area contributed by atoms with Crippen molar-refractivity contribution in [3.05, 3.63) is 46.4 Å².